The van der Waals surface area contributed by atoms with Gasteiger partial charge in [0, 0.05) is 26.1 Å². The van der Waals surface area contributed by atoms with Crippen molar-refractivity contribution in [2.75, 3.05) is 19.6 Å². The van der Waals surface area contributed by atoms with Crippen LogP contribution in [0.5, 0.6) is 0 Å². The lowest BCUT2D eigenvalue weighted by molar-refractivity contribution is -0.137. The fourth-order valence-electron chi connectivity index (χ4n) is 2.98. The number of piperazine rings is 1. The summed E-state index contributed by atoms with van der Waals surface area (Å²) in [5.74, 6) is -0.456. The standard InChI is InChI=1S/C15H18FN3O2.ClH/c16-11-3-1-2-10(8-11)13-9-17-6-7-19(13)15(21)12-4-5-14(20)18-12;/h1-3,8,12-13,17H,4-7,9H2,(H,18,20);1H. The highest BCUT2D eigenvalue weighted by atomic mass is 35.5. The van der Waals surface area contributed by atoms with Gasteiger partial charge in [-0.3, -0.25) is 9.59 Å². The van der Waals surface area contributed by atoms with Crippen molar-refractivity contribution in [1.29, 1.82) is 0 Å². The molecule has 2 saturated heterocycles. The first-order valence-corrected chi connectivity index (χ1v) is 7.21. The summed E-state index contributed by atoms with van der Waals surface area (Å²) in [7, 11) is 0. The van der Waals surface area contributed by atoms with Crippen LogP contribution in [0.25, 0.3) is 0 Å². The quantitative estimate of drug-likeness (QED) is 0.852. The summed E-state index contributed by atoms with van der Waals surface area (Å²) in [4.78, 5) is 25.6. The molecule has 2 atom stereocenters. The lowest BCUT2D eigenvalue weighted by atomic mass is 10.0. The third kappa shape index (κ3) is 3.39. The van der Waals surface area contributed by atoms with Crippen LogP contribution in [-0.2, 0) is 9.59 Å². The van der Waals surface area contributed by atoms with Gasteiger partial charge in [0.2, 0.25) is 11.8 Å². The van der Waals surface area contributed by atoms with E-state index >= 15 is 0 Å². The molecule has 0 bridgehead atoms. The number of nitrogens with zero attached hydrogens (tertiary/aromatic N) is 1. The SMILES string of the molecule is Cl.O=C1CCC(C(=O)N2CCNCC2c2cccc(F)c2)N1. The lowest BCUT2D eigenvalue weighted by Gasteiger charge is -2.38. The van der Waals surface area contributed by atoms with Gasteiger partial charge in [0.05, 0.1) is 6.04 Å². The van der Waals surface area contributed by atoms with Crippen molar-refractivity contribution in [2.24, 2.45) is 0 Å². The Hall–Kier alpha value is -1.66. The molecule has 1 aromatic carbocycles. The molecule has 22 heavy (non-hydrogen) atoms. The second-order valence-electron chi connectivity index (χ2n) is 5.47. The summed E-state index contributed by atoms with van der Waals surface area (Å²) in [5.41, 5.74) is 0.778. The van der Waals surface area contributed by atoms with E-state index in [0.29, 0.717) is 32.5 Å². The number of benzene rings is 1. The van der Waals surface area contributed by atoms with Crippen molar-refractivity contribution in [3.05, 3.63) is 35.6 Å². The van der Waals surface area contributed by atoms with Gasteiger partial charge in [-0.05, 0) is 24.1 Å². The van der Waals surface area contributed by atoms with Crippen LogP contribution >= 0.6 is 12.4 Å². The zero-order chi connectivity index (χ0) is 14.8. The number of carbonyl (C=O) groups excluding carboxylic acids is 2. The Kier molecular flexibility index (Phi) is 5.37. The smallest absolute Gasteiger partial charge is 0.245 e. The average Bonchev–Trinajstić information content (AvgIpc) is 2.93. The van der Waals surface area contributed by atoms with Crippen molar-refractivity contribution < 1.29 is 14.0 Å². The molecule has 0 radical (unpaired) electrons. The maximum Gasteiger partial charge on any atom is 0.245 e. The van der Waals surface area contributed by atoms with Crippen molar-refractivity contribution >= 4 is 24.2 Å². The molecule has 2 N–H and O–H groups in total. The predicted octanol–water partition coefficient (Wildman–Crippen LogP) is 0.999. The van der Waals surface area contributed by atoms with Crippen LogP contribution in [-0.4, -0.2) is 42.4 Å². The molecule has 1 aromatic rings. The Balaban J connectivity index is 0.00000176. The summed E-state index contributed by atoms with van der Waals surface area (Å²) in [6.07, 6.45) is 0.935. The number of hydrogen-bond acceptors (Lipinski definition) is 3. The first-order chi connectivity index (χ1) is 10.1. The van der Waals surface area contributed by atoms with E-state index in [9.17, 15) is 14.0 Å². The molecule has 0 aliphatic carbocycles. The first-order valence-electron chi connectivity index (χ1n) is 7.21. The number of carbonyl (C=O) groups is 2. The molecule has 5 nitrogen and oxygen atoms in total. The Morgan fingerprint density at radius 3 is 2.86 bits per heavy atom. The normalized spacial score (nSPS) is 24.6. The monoisotopic (exact) mass is 327 g/mol. The first kappa shape index (κ1) is 16.7. The molecule has 3 rings (SSSR count). The number of amides is 2. The highest BCUT2D eigenvalue weighted by Gasteiger charge is 2.35. The second-order valence-corrected chi connectivity index (χ2v) is 5.47. The van der Waals surface area contributed by atoms with Crippen LogP contribution in [0.3, 0.4) is 0 Å². The van der Waals surface area contributed by atoms with Crippen LogP contribution in [0.15, 0.2) is 24.3 Å². The molecule has 2 heterocycles. The van der Waals surface area contributed by atoms with Crippen molar-refractivity contribution in [2.45, 2.75) is 24.9 Å². The summed E-state index contributed by atoms with van der Waals surface area (Å²) in [6, 6.07) is 5.70. The summed E-state index contributed by atoms with van der Waals surface area (Å²) in [5, 5.41) is 5.94. The zero-order valence-corrected chi connectivity index (χ0v) is 12.9. The maximum atomic E-state index is 13.4. The third-order valence-corrected chi connectivity index (χ3v) is 4.05. The van der Waals surface area contributed by atoms with Gasteiger partial charge in [0.1, 0.15) is 11.9 Å². The van der Waals surface area contributed by atoms with E-state index in [0.717, 1.165) is 5.56 Å². The molecule has 7 heteroatoms. The van der Waals surface area contributed by atoms with Gasteiger partial charge in [-0.1, -0.05) is 12.1 Å². The van der Waals surface area contributed by atoms with Crippen LogP contribution in [0.1, 0.15) is 24.4 Å². The number of halogens is 2. The average molecular weight is 328 g/mol. The van der Waals surface area contributed by atoms with Gasteiger partial charge >= 0.3 is 0 Å². The molecule has 0 saturated carbocycles. The molecule has 2 unspecified atom stereocenters. The largest absolute Gasteiger partial charge is 0.344 e. The molecule has 0 aromatic heterocycles. The highest BCUT2D eigenvalue weighted by Crippen LogP contribution is 2.25. The van der Waals surface area contributed by atoms with Crippen LogP contribution in [0, 0.1) is 5.82 Å². The fraction of sp³-hybridized carbons (Fsp3) is 0.467. The Morgan fingerprint density at radius 1 is 1.36 bits per heavy atom. The number of hydrogen-bond donors (Lipinski definition) is 2. The maximum absolute atomic E-state index is 13.4. The molecule has 2 fully saturated rings. The Bertz CT molecular complexity index is 569. The van der Waals surface area contributed by atoms with Gasteiger partial charge in [0.15, 0.2) is 0 Å². The molecule has 0 spiro atoms. The number of nitrogens with one attached hydrogen (secondary N) is 2. The van der Waals surface area contributed by atoms with Gasteiger partial charge < -0.3 is 15.5 Å². The van der Waals surface area contributed by atoms with Gasteiger partial charge in [-0.2, -0.15) is 0 Å². The third-order valence-electron chi connectivity index (χ3n) is 4.05. The minimum atomic E-state index is -0.438. The van der Waals surface area contributed by atoms with Crippen molar-refractivity contribution in [1.82, 2.24) is 15.5 Å². The van der Waals surface area contributed by atoms with Gasteiger partial charge in [-0.15, -0.1) is 12.4 Å². The van der Waals surface area contributed by atoms with E-state index < -0.39 is 6.04 Å². The fourth-order valence-corrected chi connectivity index (χ4v) is 2.98. The lowest BCUT2D eigenvalue weighted by Crippen LogP contribution is -2.53. The van der Waals surface area contributed by atoms with E-state index in [2.05, 4.69) is 10.6 Å². The van der Waals surface area contributed by atoms with E-state index in [-0.39, 0.29) is 36.1 Å². The topological polar surface area (TPSA) is 61.4 Å². The number of rotatable bonds is 2. The van der Waals surface area contributed by atoms with E-state index in [4.69, 9.17) is 0 Å². The molecule has 120 valence electrons. The predicted molar refractivity (Wildman–Crippen MR) is 82.1 cm³/mol. The Labute approximate surface area is 134 Å². The molecule has 2 aliphatic rings. The second kappa shape index (κ2) is 7.07. The van der Waals surface area contributed by atoms with Crippen LogP contribution < -0.4 is 10.6 Å². The molecule has 2 aliphatic heterocycles. The van der Waals surface area contributed by atoms with Crippen molar-refractivity contribution in [3.8, 4) is 0 Å². The molecular formula is C15H19ClFN3O2. The van der Waals surface area contributed by atoms with Crippen molar-refractivity contribution in [3.63, 3.8) is 0 Å². The molecular weight excluding hydrogens is 309 g/mol. The summed E-state index contributed by atoms with van der Waals surface area (Å²) >= 11 is 0. The molecule has 2 amide bonds. The summed E-state index contributed by atoms with van der Waals surface area (Å²) < 4.78 is 13.4. The Morgan fingerprint density at radius 2 is 2.18 bits per heavy atom. The minimum Gasteiger partial charge on any atom is -0.344 e. The highest BCUT2D eigenvalue weighted by molar-refractivity contribution is 5.91. The zero-order valence-electron chi connectivity index (χ0n) is 12.0. The van der Waals surface area contributed by atoms with Crippen LogP contribution in [0.2, 0.25) is 0 Å². The van der Waals surface area contributed by atoms with Crippen LogP contribution in [0.4, 0.5) is 4.39 Å². The summed E-state index contributed by atoms with van der Waals surface area (Å²) in [6.45, 7) is 1.86. The van der Waals surface area contributed by atoms with E-state index in [1.807, 2.05) is 6.07 Å². The van der Waals surface area contributed by atoms with E-state index in [1.54, 1.807) is 11.0 Å². The van der Waals surface area contributed by atoms with Gasteiger partial charge in [-0.25, -0.2) is 4.39 Å². The minimum absolute atomic E-state index is 0. The van der Waals surface area contributed by atoms with E-state index in [1.165, 1.54) is 12.1 Å². The van der Waals surface area contributed by atoms with Gasteiger partial charge in [0.25, 0.3) is 0 Å².